The van der Waals surface area contributed by atoms with Crippen molar-refractivity contribution >= 4 is 33.3 Å². The summed E-state index contributed by atoms with van der Waals surface area (Å²) in [6.07, 6.45) is 1.84. The van der Waals surface area contributed by atoms with Crippen LogP contribution in [-0.2, 0) is 9.53 Å². The summed E-state index contributed by atoms with van der Waals surface area (Å²) < 4.78 is 10.5. The Hall–Kier alpha value is -3.31. The molecule has 3 aromatic rings. The van der Waals surface area contributed by atoms with Crippen molar-refractivity contribution in [3.8, 4) is 5.75 Å². The highest BCUT2D eigenvalue weighted by atomic mass is 32.1. The fourth-order valence-corrected chi connectivity index (χ4v) is 4.12. The van der Waals surface area contributed by atoms with Gasteiger partial charge in [-0.3, -0.25) is 10.1 Å². The number of ether oxygens (including phenoxy) is 2. The SMILES string of the molecule is COc1ccc(C(OC)C(=O)Nc2nnc(NC3CCN(c4cccnn4)C3)s2)cc1. The van der Waals surface area contributed by atoms with E-state index in [1.165, 1.54) is 18.4 Å². The van der Waals surface area contributed by atoms with Crippen LogP contribution in [0.25, 0.3) is 0 Å². The van der Waals surface area contributed by atoms with E-state index in [9.17, 15) is 4.79 Å². The molecule has 11 heteroatoms. The van der Waals surface area contributed by atoms with Crippen LogP contribution < -0.4 is 20.3 Å². The smallest absolute Gasteiger partial charge is 0.259 e. The number of hydrogen-bond donors (Lipinski definition) is 2. The van der Waals surface area contributed by atoms with Gasteiger partial charge in [0.2, 0.25) is 10.3 Å². The molecule has 2 aromatic heterocycles. The van der Waals surface area contributed by atoms with Gasteiger partial charge in [-0.15, -0.1) is 15.3 Å². The molecule has 1 aromatic carbocycles. The van der Waals surface area contributed by atoms with Gasteiger partial charge in [0.25, 0.3) is 5.91 Å². The monoisotopic (exact) mass is 441 g/mol. The molecule has 1 aliphatic rings. The van der Waals surface area contributed by atoms with Crippen LogP contribution in [-0.4, -0.2) is 59.7 Å². The van der Waals surface area contributed by atoms with Crippen molar-refractivity contribution in [1.82, 2.24) is 20.4 Å². The first-order valence-corrected chi connectivity index (χ1v) is 10.6. The van der Waals surface area contributed by atoms with Crippen LogP contribution in [0.3, 0.4) is 0 Å². The Balaban J connectivity index is 1.33. The third-order valence-corrected chi connectivity index (χ3v) is 5.72. The summed E-state index contributed by atoms with van der Waals surface area (Å²) in [6.45, 7) is 1.68. The zero-order chi connectivity index (χ0) is 21.6. The molecular formula is C20H23N7O3S. The van der Waals surface area contributed by atoms with Crippen LogP contribution in [0.2, 0.25) is 0 Å². The molecule has 2 N–H and O–H groups in total. The van der Waals surface area contributed by atoms with Crippen molar-refractivity contribution in [2.24, 2.45) is 0 Å². The minimum absolute atomic E-state index is 0.213. The molecule has 10 nitrogen and oxygen atoms in total. The number of methoxy groups -OCH3 is 2. The number of hydrogen-bond acceptors (Lipinski definition) is 10. The van der Waals surface area contributed by atoms with E-state index >= 15 is 0 Å². The topological polar surface area (TPSA) is 114 Å². The maximum Gasteiger partial charge on any atom is 0.259 e. The van der Waals surface area contributed by atoms with Crippen molar-refractivity contribution in [1.29, 1.82) is 0 Å². The van der Waals surface area contributed by atoms with Crippen molar-refractivity contribution in [3.05, 3.63) is 48.2 Å². The molecule has 4 rings (SSSR count). The Morgan fingerprint density at radius 2 is 1.97 bits per heavy atom. The molecule has 3 heterocycles. The van der Waals surface area contributed by atoms with Gasteiger partial charge in [0, 0.05) is 32.4 Å². The first-order chi connectivity index (χ1) is 15.2. The van der Waals surface area contributed by atoms with E-state index in [-0.39, 0.29) is 11.9 Å². The van der Waals surface area contributed by atoms with Crippen LogP contribution in [0.4, 0.5) is 16.1 Å². The fourth-order valence-electron chi connectivity index (χ4n) is 3.40. The molecule has 162 valence electrons. The maximum atomic E-state index is 12.7. The highest BCUT2D eigenvalue weighted by Crippen LogP contribution is 2.26. The Bertz CT molecular complexity index is 1000. The van der Waals surface area contributed by atoms with Crippen molar-refractivity contribution in [2.45, 2.75) is 18.6 Å². The number of carbonyl (C=O) groups is 1. The Labute approximate surface area is 183 Å². The van der Waals surface area contributed by atoms with Crippen LogP contribution >= 0.6 is 11.3 Å². The number of benzene rings is 1. The van der Waals surface area contributed by atoms with E-state index < -0.39 is 6.10 Å². The van der Waals surface area contributed by atoms with Gasteiger partial charge < -0.3 is 19.7 Å². The molecule has 0 saturated carbocycles. The van der Waals surface area contributed by atoms with Crippen molar-refractivity contribution in [3.63, 3.8) is 0 Å². The Morgan fingerprint density at radius 3 is 2.68 bits per heavy atom. The highest BCUT2D eigenvalue weighted by Gasteiger charge is 2.25. The fraction of sp³-hybridized carbons (Fsp3) is 0.350. The van der Waals surface area contributed by atoms with Crippen molar-refractivity contribution < 1.29 is 14.3 Å². The van der Waals surface area contributed by atoms with E-state index in [4.69, 9.17) is 9.47 Å². The number of carbonyl (C=O) groups excluding carboxylic acids is 1. The molecule has 0 radical (unpaired) electrons. The lowest BCUT2D eigenvalue weighted by Gasteiger charge is -2.16. The predicted molar refractivity (Wildman–Crippen MR) is 118 cm³/mol. The summed E-state index contributed by atoms with van der Waals surface area (Å²) in [6, 6.07) is 11.2. The first kappa shape index (κ1) is 20.9. The molecule has 1 fully saturated rings. The summed E-state index contributed by atoms with van der Waals surface area (Å²) in [4.78, 5) is 14.9. The average molecular weight is 442 g/mol. The number of rotatable bonds is 8. The van der Waals surface area contributed by atoms with Gasteiger partial charge >= 0.3 is 0 Å². The molecule has 0 aliphatic carbocycles. The minimum atomic E-state index is -0.762. The standard InChI is InChI=1S/C20H23N7O3S/c1-29-15-7-5-13(6-8-15)17(30-2)18(28)23-20-26-25-19(31-20)22-14-9-11-27(12-14)16-4-3-10-21-24-16/h3-8,10,14,17H,9,11-12H2,1-2H3,(H,22,25)(H,23,26,28). The van der Waals surface area contributed by atoms with Gasteiger partial charge in [-0.05, 0) is 36.2 Å². The van der Waals surface area contributed by atoms with E-state index in [1.807, 2.05) is 12.1 Å². The largest absolute Gasteiger partial charge is 0.497 e. The average Bonchev–Trinajstić information content (AvgIpc) is 3.45. The van der Waals surface area contributed by atoms with E-state index in [0.29, 0.717) is 16.0 Å². The van der Waals surface area contributed by atoms with Gasteiger partial charge in [0.05, 0.1) is 7.11 Å². The molecule has 0 spiro atoms. The van der Waals surface area contributed by atoms with E-state index in [0.717, 1.165) is 30.9 Å². The second kappa shape index (κ2) is 9.67. The number of amides is 1. The van der Waals surface area contributed by atoms with Crippen LogP contribution in [0.5, 0.6) is 5.75 Å². The van der Waals surface area contributed by atoms with Gasteiger partial charge in [0.15, 0.2) is 11.9 Å². The predicted octanol–water partition coefficient (Wildman–Crippen LogP) is 2.35. The lowest BCUT2D eigenvalue weighted by Crippen LogP contribution is -2.26. The van der Waals surface area contributed by atoms with Gasteiger partial charge in [-0.25, -0.2) is 0 Å². The maximum absolute atomic E-state index is 12.7. The molecule has 2 atom stereocenters. The molecule has 1 aliphatic heterocycles. The van der Waals surface area contributed by atoms with Crippen LogP contribution in [0, 0.1) is 0 Å². The van der Waals surface area contributed by atoms with Crippen LogP contribution in [0.1, 0.15) is 18.1 Å². The summed E-state index contributed by atoms with van der Waals surface area (Å²) in [5.41, 5.74) is 0.721. The summed E-state index contributed by atoms with van der Waals surface area (Å²) in [7, 11) is 3.08. The molecule has 0 bridgehead atoms. The molecule has 2 unspecified atom stereocenters. The number of nitrogens with one attached hydrogen (secondary N) is 2. The van der Waals surface area contributed by atoms with Gasteiger partial charge in [-0.2, -0.15) is 5.10 Å². The lowest BCUT2D eigenvalue weighted by atomic mass is 10.1. The zero-order valence-corrected chi connectivity index (χ0v) is 18.0. The normalized spacial score (nSPS) is 16.7. The second-order valence-electron chi connectivity index (χ2n) is 6.95. The molecular weight excluding hydrogens is 418 g/mol. The molecule has 1 saturated heterocycles. The number of anilines is 3. The van der Waals surface area contributed by atoms with Crippen LogP contribution in [0.15, 0.2) is 42.6 Å². The third-order valence-electron chi connectivity index (χ3n) is 4.95. The van der Waals surface area contributed by atoms with E-state index in [2.05, 4.69) is 35.9 Å². The first-order valence-electron chi connectivity index (χ1n) is 9.76. The summed E-state index contributed by atoms with van der Waals surface area (Å²) >= 11 is 1.29. The quantitative estimate of drug-likeness (QED) is 0.543. The summed E-state index contributed by atoms with van der Waals surface area (Å²) in [5.74, 6) is 1.26. The Kier molecular flexibility index (Phi) is 6.53. The minimum Gasteiger partial charge on any atom is -0.497 e. The third kappa shape index (κ3) is 5.06. The lowest BCUT2D eigenvalue weighted by molar-refractivity contribution is -0.126. The number of aromatic nitrogens is 4. The van der Waals surface area contributed by atoms with Gasteiger partial charge in [0.1, 0.15) is 5.75 Å². The molecule has 1 amide bonds. The number of nitrogens with zero attached hydrogens (tertiary/aromatic N) is 5. The molecule has 31 heavy (non-hydrogen) atoms. The van der Waals surface area contributed by atoms with Crippen molar-refractivity contribution in [2.75, 3.05) is 42.8 Å². The summed E-state index contributed by atoms with van der Waals surface area (Å²) in [5, 5.41) is 23.5. The highest BCUT2D eigenvalue weighted by molar-refractivity contribution is 7.19. The van der Waals surface area contributed by atoms with Gasteiger partial charge in [-0.1, -0.05) is 23.5 Å². The zero-order valence-electron chi connectivity index (χ0n) is 17.2. The van der Waals surface area contributed by atoms with E-state index in [1.54, 1.807) is 37.6 Å². The Morgan fingerprint density at radius 1 is 1.16 bits per heavy atom. The second-order valence-corrected chi connectivity index (χ2v) is 7.93.